The molecule has 0 aromatic heterocycles. The molecule has 0 radical (unpaired) electrons. The Morgan fingerprint density at radius 1 is 1.04 bits per heavy atom. The molecule has 1 nitrogen and oxygen atoms in total. The number of hydrogen-bond donors (Lipinski definition) is 0. The van der Waals surface area contributed by atoms with E-state index >= 15 is 0 Å². The number of ether oxygens (including phenoxy) is 1. The van der Waals surface area contributed by atoms with Crippen LogP contribution < -0.4 is 0 Å². The van der Waals surface area contributed by atoms with Gasteiger partial charge in [0, 0.05) is 5.56 Å². The number of benzene rings is 1. The summed E-state index contributed by atoms with van der Waals surface area (Å²) in [4.78, 5) is 0. The Kier molecular flexibility index (Phi) is 8.58. The van der Waals surface area contributed by atoms with Gasteiger partial charge in [-0.1, -0.05) is 57.2 Å². The molecular weight excluding hydrogens is 347 g/mol. The monoisotopic (exact) mass is 386 g/mol. The predicted molar refractivity (Wildman–Crippen MR) is 116 cm³/mol. The van der Waals surface area contributed by atoms with Gasteiger partial charge in [0.2, 0.25) is 0 Å². The summed E-state index contributed by atoms with van der Waals surface area (Å²) in [5.41, 5.74) is 1.84. The first-order valence-corrected chi connectivity index (χ1v) is 11.7. The Morgan fingerprint density at radius 2 is 1.71 bits per heavy atom. The summed E-state index contributed by atoms with van der Waals surface area (Å²) < 4.78 is 19.8. The lowest BCUT2D eigenvalue weighted by atomic mass is 9.68. The number of hydrogen-bond acceptors (Lipinski definition) is 1. The van der Waals surface area contributed by atoms with Crippen molar-refractivity contribution in [1.29, 1.82) is 0 Å². The summed E-state index contributed by atoms with van der Waals surface area (Å²) >= 11 is 0. The minimum atomic E-state index is -0.117. The summed E-state index contributed by atoms with van der Waals surface area (Å²) in [5.74, 6) is 3.30. The first-order valence-electron chi connectivity index (χ1n) is 11.7. The summed E-state index contributed by atoms with van der Waals surface area (Å²) in [6.07, 6.45) is 16.9. The molecule has 2 aliphatic carbocycles. The Balaban J connectivity index is 1.45. The molecule has 0 bridgehead atoms. The van der Waals surface area contributed by atoms with Gasteiger partial charge in [0.25, 0.3) is 0 Å². The Bertz CT molecular complexity index is 594. The van der Waals surface area contributed by atoms with Crippen molar-refractivity contribution in [2.24, 2.45) is 17.8 Å². The van der Waals surface area contributed by atoms with Crippen LogP contribution in [0, 0.1) is 23.6 Å². The van der Waals surface area contributed by atoms with Gasteiger partial charge in [0.05, 0.1) is 13.2 Å². The molecule has 1 aromatic rings. The molecule has 0 spiro atoms. The number of unbranched alkanes of at least 4 members (excludes halogenated alkanes) is 1. The third kappa shape index (κ3) is 5.92. The second-order valence-electron chi connectivity index (χ2n) is 9.19. The Morgan fingerprint density at radius 3 is 2.32 bits per heavy atom. The van der Waals surface area contributed by atoms with Crippen molar-refractivity contribution >= 4 is 0 Å². The Labute approximate surface area is 171 Å². The van der Waals surface area contributed by atoms with Crippen LogP contribution in [0.15, 0.2) is 30.9 Å². The minimum absolute atomic E-state index is 0.117. The lowest BCUT2D eigenvalue weighted by Gasteiger charge is -2.38. The largest absolute Gasteiger partial charge is 0.373 e. The molecule has 1 aromatic carbocycles. The summed E-state index contributed by atoms with van der Waals surface area (Å²) in [6, 6.07) is 5.80. The van der Waals surface area contributed by atoms with Crippen molar-refractivity contribution in [3.63, 3.8) is 0 Å². The van der Waals surface area contributed by atoms with Crippen LogP contribution in [0.4, 0.5) is 4.39 Å². The van der Waals surface area contributed by atoms with Crippen LogP contribution in [0.25, 0.3) is 0 Å². The van der Waals surface area contributed by atoms with Gasteiger partial charge in [-0.15, -0.1) is 6.58 Å². The quantitative estimate of drug-likeness (QED) is 0.311. The van der Waals surface area contributed by atoms with Gasteiger partial charge in [0.15, 0.2) is 0 Å². The Hall–Kier alpha value is -1.15. The second kappa shape index (κ2) is 11.1. The third-order valence-corrected chi connectivity index (χ3v) is 7.34. The van der Waals surface area contributed by atoms with E-state index in [0.717, 1.165) is 17.8 Å². The minimum Gasteiger partial charge on any atom is -0.373 e. The van der Waals surface area contributed by atoms with Gasteiger partial charge < -0.3 is 4.74 Å². The third-order valence-electron chi connectivity index (χ3n) is 7.34. The number of halogens is 1. The maximum atomic E-state index is 14.4. The van der Waals surface area contributed by atoms with E-state index in [1.807, 2.05) is 6.07 Å². The lowest BCUT2D eigenvalue weighted by Crippen LogP contribution is -2.25. The SMILES string of the molecule is C=CCOCc1ccc(C2CCC([C@H]3CC[C@H](CCCC)CC3)CC2)cc1F. The summed E-state index contributed by atoms with van der Waals surface area (Å²) in [5, 5.41) is 0. The van der Waals surface area contributed by atoms with E-state index in [0.29, 0.717) is 24.7 Å². The molecule has 0 heterocycles. The van der Waals surface area contributed by atoms with E-state index in [4.69, 9.17) is 4.74 Å². The highest BCUT2D eigenvalue weighted by Gasteiger charge is 2.31. The molecule has 0 unspecified atom stereocenters. The fourth-order valence-corrected chi connectivity index (χ4v) is 5.55. The van der Waals surface area contributed by atoms with Gasteiger partial charge in [0.1, 0.15) is 5.82 Å². The van der Waals surface area contributed by atoms with Crippen molar-refractivity contribution < 1.29 is 9.13 Å². The summed E-state index contributed by atoms with van der Waals surface area (Å²) in [7, 11) is 0. The van der Waals surface area contributed by atoms with E-state index in [-0.39, 0.29) is 5.82 Å². The lowest BCUT2D eigenvalue weighted by molar-refractivity contribution is 0.146. The van der Waals surface area contributed by atoms with Crippen LogP contribution in [-0.2, 0) is 11.3 Å². The molecule has 2 saturated carbocycles. The van der Waals surface area contributed by atoms with Gasteiger partial charge in [-0.3, -0.25) is 0 Å². The zero-order valence-electron chi connectivity index (χ0n) is 17.8. The molecular formula is C26H39FO. The average molecular weight is 387 g/mol. The van der Waals surface area contributed by atoms with Gasteiger partial charge >= 0.3 is 0 Å². The molecule has 2 aliphatic rings. The fourth-order valence-electron chi connectivity index (χ4n) is 5.55. The van der Waals surface area contributed by atoms with Crippen LogP contribution in [0.2, 0.25) is 0 Å². The molecule has 0 N–H and O–H groups in total. The standard InChI is InChI=1S/C26H39FO/c1-3-5-6-20-7-9-21(10-8-20)22-11-13-23(14-12-22)24-15-16-25(26(27)18-24)19-28-17-4-2/h4,15-16,18,20-23H,2-3,5-14,17,19H2,1H3/t20-,21-,22?,23?. The highest BCUT2D eigenvalue weighted by atomic mass is 19.1. The van der Waals surface area contributed by atoms with E-state index in [1.54, 1.807) is 12.1 Å². The predicted octanol–water partition coefficient (Wildman–Crippen LogP) is 7.80. The molecule has 0 aliphatic heterocycles. The van der Waals surface area contributed by atoms with Crippen LogP contribution >= 0.6 is 0 Å². The van der Waals surface area contributed by atoms with Gasteiger partial charge in [-0.05, 0) is 73.8 Å². The number of rotatable bonds is 9. The van der Waals surface area contributed by atoms with Crippen LogP contribution in [0.1, 0.15) is 94.6 Å². The molecule has 0 saturated heterocycles. The van der Waals surface area contributed by atoms with E-state index in [1.165, 1.54) is 76.2 Å². The zero-order valence-corrected chi connectivity index (χ0v) is 17.8. The molecule has 0 amide bonds. The van der Waals surface area contributed by atoms with Crippen molar-refractivity contribution in [1.82, 2.24) is 0 Å². The molecule has 0 atom stereocenters. The normalized spacial score (nSPS) is 28.2. The second-order valence-corrected chi connectivity index (χ2v) is 9.19. The van der Waals surface area contributed by atoms with Crippen LogP contribution in [0.3, 0.4) is 0 Å². The molecule has 2 heteroatoms. The topological polar surface area (TPSA) is 9.23 Å². The van der Waals surface area contributed by atoms with Gasteiger partial charge in [-0.25, -0.2) is 4.39 Å². The van der Waals surface area contributed by atoms with Crippen molar-refractivity contribution in [3.8, 4) is 0 Å². The van der Waals surface area contributed by atoms with E-state index in [2.05, 4.69) is 19.6 Å². The zero-order chi connectivity index (χ0) is 19.8. The van der Waals surface area contributed by atoms with E-state index < -0.39 is 0 Å². The highest BCUT2D eigenvalue weighted by molar-refractivity contribution is 5.27. The first kappa shape index (κ1) is 21.6. The van der Waals surface area contributed by atoms with Crippen molar-refractivity contribution in [2.45, 2.75) is 90.1 Å². The molecule has 3 rings (SSSR count). The smallest absolute Gasteiger partial charge is 0.129 e. The van der Waals surface area contributed by atoms with Crippen molar-refractivity contribution in [2.75, 3.05) is 6.61 Å². The maximum absolute atomic E-state index is 14.4. The maximum Gasteiger partial charge on any atom is 0.129 e. The average Bonchev–Trinajstić information content (AvgIpc) is 2.74. The van der Waals surface area contributed by atoms with E-state index in [9.17, 15) is 4.39 Å². The molecule has 28 heavy (non-hydrogen) atoms. The summed E-state index contributed by atoms with van der Waals surface area (Å²) in [6.45, 7) is 6.72. The highest BCUT2D eigenvalue weighted by Crippen LogP contribution is 2.44. The van der Waals surface area contributed by atoms with Crippen molar-refractivity contribution in [3.05, 3.63) is 47.8 Å². The molecule has 2 fully saturated rings. The van der Waals surface area contributed by atoms with Crippen LogP contribution in [-0.4, -0.2) is 6.61 Å². The van der Waals surface area contributed by atoms with Gasteiger partial charge in [-0.2, -0.15) is 0 Å². The van der Waals surface area contributed by atoms with Crippen LogP contribution in [0.5, 0.6) is 0 Å². The molecule has 156 valence electrons. The fraction of sp³-hybridized carbons (Fsp3) is 0.692. The first-order chi connectivity index (χ1) is 13.7.